The van der Waals surface area contributed by atoms with Gasteiger partial charge < -0.3 is 5.43 Å². The van der Waals surface area contributed by atoms with Crippen LogP contribution in [-0.2, 0) is 0 Å². The van der Waals surface area contributed by atoms with Crippen LogP contribution < -0.4 is 11.3 Å². The Hall–Kier alpha value is -1.23. The number of nitrogens with zero attached hydrogens (tertiary/aromatic N) is 1. The van der Waals surface area contributed by atoms with Crippen molar-refractivity contribution in [3.8, 4) is 0 Å². The van der Waals surface area contributed by atoms with E-state index in [1.807, 2.05) is 5.43 Å². The van der Waals surface area contributed by atoms with E-state index in [2.05, 4.69) is 4.98 Å². The molecule has 0 saturated heterocycles. The van der Waals surface area contributed by atoms with Crippen LogP contribution in [0.1, 0.15) is 0 Å². The van der Waals surface area contributed by atoms with Gasteiger partial charge in [-0.3, -0.25) is 10.8 Å². The Balaban J connectivity index is 3.17. The molecular weight excluding hydrogens is 140 g/mol. The van der Waals surface area contributed by atoms with Crippen molar-refractivity contribution in [1.29, 1.82) is 0 Å². The van der Waals surface area contributed by atoms with Gasteiger partial charge in [-0.15, -0.1) is 0 Å². The standard InChI is InChI=1S/C5H5F2N3/c6-3-1-9-2-4(7)5(3)10-8/h1-2H,8H2,(H,9,10). The van der Waals surface area contributed by atoms with E-state index in [4.69, 9.17) is 5.84 Å². The van der Waals surface area contributed by atoms with Gasteiger partial charge in [0, 0.05) is 0 Å². The number of rotatable bonds is 1. The molecule has 54 valence electrons. The fourth-order valence-corrected chi connectivity index (χ4v) is 0.549. The monoisotopic (exact) mass is 145 g/mol. The highest BCUT2D eigenvalue weighted by molar-refractivity contribution is 5.42. The third-order valence-electron chi connectivity index (χ3n) is 0.998. The molecule has 5 heteroatoms. The third-order valence-corrected chi connectivity index (χ3v) is 0.998. The van der Waals surface area contributed by atoms with Gasteiger partial charge in [-0.05, 0) is 0 Å². The van der Waals surface area contributed by atoms with Gasteiger partial charge in [0.05, 0.1) is 12.4 Å². The summed E-state index contributed by atoms with van der Waals surface area (Å²) in [4.78, 5) is 3.25. The van der Waals surface area contributed by atoms with Gasteiger partial charge in [0.2, 0.25) is 0 Å². The number of halogens is 2. The van der Waals surface area contributed by atoms with Gasteiger partial charge >= 0.3 is 0 Å². The normalized spacial score (nSPS) is 9.50. The molecule has 0 aromatic carbocycles. The predicted molar refractivity (Wildman–Crippen MR) is 32.0 cm³/mol. The first kappa shape index (κ1) is 6.88. The fourth-order valence-electron chi connectivity index (χ4n) is 0.549. The van der Waals surface area contributed by atoms with Gasteiger partial charge in [-0.25, -0.2) is 8.78 Å². The maximum absolute atomic E-state index is 12.4. The molecule has 0 aliphatic heterocycles. The minimum atomic E-state index is -0.803. The number of nitrogen functional groups attached to an aromatic ring is 1. The number of aromatic nitrogens is 1. The molecule has 0 saturated carbocycles. The van der Waals surface area contributed by atoms with Gasteiger partial charge in [0.15, 0.2) is 11.6 Å². The number of hydrogen-bond acceptors (Lipinski definition) is 3. The predicted octanol–water partition coefficient (Wildman–Crippen LogP) is 0.645. The van der Waals surface area contributed by atoms with E-state index in [1.54, 1.807) is 0 Å². The molecule has 1 heterocycles. The molecule has 0 atom stereocenters. The molecule has 3 nitrogen and oxygen atoms in total. The van der Waals surface area contributed by atoms with Gasteiger partial charge in [-0.1, -0.05) is 0 Å². The molecule has 0 aliphatic rings. The average molecular weight is 145 g/mol. The van der Waals surface area contributed by atoms with Gasteiger partial charge in [0.1, 0.15) is 5.69 Å². The maximum atomic E-state index is 12.4. The van der Waals surface area contributed by atoms with Crippen molar-refractivity contribution in [3.05, 3.63) is 24.0 Å². The van der Waals surface area contributed by atoms with E-state index in [9.17, 15) is 8.78 Å². The van der Waals surface area contributed by atoms with Crippen molar-refractivity contribution < 1.29 is 8.78 Å². The summed E-state index contributed by atoms with van der Waals surface area (Å²) in [6, 6.07) is 0. The lowest BCUT2D eigenvalue weighted by atomic mass is 10.4. The van der Waals surface area contributed by atoms with Crippen molar-refractivity contribution >= 4 is 5.69 Å². The summed E-state index contributed by atoms with van der Waals surface area (Å²) >= 11 is 0. The van der Waals surface area contributed by atoms with Crippen molar-refractivity contribution in [1.82, 2.24) is 4.98 Å². The number of hydrogen-bond donors (Lipinski definition) is 2. The van der Waals surface area contributed by atoms with Gasteiger partial charge in [-0.2, -0.15) is 0 Å². The molecule has 3 N–H and O–H groups in total. The number of nitrogens with two attached hydrogens (primary N) is 1. The second-order valence-electron chi connectivity index (χ2n) is 1.62. The molecule has 0 spiro atoms. The molecule has 0 fully saturated rings. The molecule has 0 radical (unpaired) electrons. The van der Waals surface area contributed by atoms with E-state index >= 15 is 0 Å². The second-order valence-corrected chi connectivity index (χ2v) is 1.62. The lowest BCUT2D eigenvalue weighted by molar-refractivity contribution is 0.578. The lowest BCUT2D eigenvalue weighted by Crippen LogP contribution is -2.10. The zero-order valence-corrected chi connectivity index (χ0v) is 4.94. The molecule has 0 amide bonds. The first-order valence-corrected chi connectivity index (χ1v) is 2.51. The molecular formula is C5H5F2N3. The van der Waals surface area contributed by atoms with Crippen LogP contribution in [0.3, 0.4) is 0 Å². The van der Waals surface area contributed by atoms with Crippen LogP contribution >= 0.6 is 0 Å². The van der Waals surface area contributed by atoms with Crippen molar-refractivity contribution in [2.75, 3.05) is 5.43 Å². The average Bonchev–Trinajstić information content (AvgIpc) is 1.88. The van der Waals surface area contributed by atoms with Crippen molar-refractivity contribution in [2.24, 2.45) is 5.84 Å². The Morgan fingerprint density at radius 2 is 1.80 bits per heavy atom. The summed E-state index contributed by atoms with van der Waals surface area (Å²) in [5.74, 6) is 3.19. The zero-order valence-electron chi connectivity index (χ0n) is 4.94. The smallest absolute Gasteiger partial charge is 0.168 e. The van der Waals surface area contributed by atoms with Crippen molar-refractivity contribution in [2.45, 2.75) is 0 Å². The SMILES string of the molecule is NNc1c(F)cncc1F. The molecule has 0 aliphatic carbocycles. The van der Waals surface area contributed by atoms with Crippen LogP contribution in [0.2, 0.25) is 0 Å². The molecule has 1 aromatic heterocycles. The Morgan fingerprint density at radius 1 is 1.30 bits per heavy atom. The second kappa shape index (κ2) is 2.57. The number of nitrogens with one attached hydrogen (secondary N) is 1. The highest BCUT2D eigenvalue weighted by Crippen LogP contribution is 2.13. The molecule has 0 unspecified atom stereocenters. The summed E-state index contributed by atoms with van der Waals surface area (Å²) in [5, 5.41) is 0. The molecule has 1 rings (SSSR count). The van der Waals surface area contributed by atoms with Crippen LogP contribution in [0.4, 0.5) is 14.5 Å². The molecule has 10 heavy (non-hydrogen) atoms. The summed E-state index contributed by atoms with van der Waals surface area (Å²) in [7, 11) is 0. The van der Waals surface area contributed by atoms with E-state index < -0.39 is 11.6 Å². The lowest BCUT2D eigenvalue weighted by Gasteiger charge is -2.00. The minimum Gasteiger partial charge on any atom is -0.319 e. The maximum Gasteiger partial charge on any atom is 0.168 e. The Morgan fingerprint density at radius 3 is 2.10 bits per heavy atom. The molecule has 1 aromatic rings. The highest BCUT2D eigenvalue weighted by Gasteiger charge is 2.05. The summed E-state index contributed by atoms with van der Waals surface area (Å²) in [6.45, 7) is 0. The first-order valence-electron chi connectivity index (χ1n) is 2.51. The Labute approximate surface area is 55.8 Å². The van der Waals surface area contributed by atoms with Crippen LogP contribution in [0.15, 0.2) is 12.4 Å². The van der Waals surface area contributed by atoms with Crippen LogP contribution in [0.5, 0.6) is 0 Å². The van der Waals surface area contributed by atoms with E-state index in [0.29, 0.717) is 0 Å². The number of pyridine rings is 1. The number of anilines is 1. The van der Waals surface area contributed by atoms with E-state index in [-0.39, 0.29) is 5.69 Å². The Bertz CT molecular complexity index is 218. The quantitative estimate of drug-likeness (QED) is 0.450. The van der Waals surface area contributed by atoms with Crippen LogP contribution in [-0.4, -0.2) is 4.98 Å². The van der Waals surface area contributed by atoms with Crippen LogP contribution in [0, 0.1) is 11.6 Å². The third kappa shape index (κ3) is 1.03. The molecule has 0 bridgehead atoms. The topological polar surface area (TPSA) is 50.9 Å². The number of hydrazine groups is 1. The van der Waals surface area contributed by atoms with Crippen molar-refractivity contribution in [3.63, 3.8) is 0 Å². The zero-order chi connectivity index (χ0) is 7.56. The highest BCUT2D eigenvalue weighted by atomic mass is 19.1. The summed E-state index contributed by atoms with van der Waals surface area (Å²) in [6.07, 6.45) is 1.75. The first-order chi connectivity index (χ1) is 4.75. The van der Waals surface area contributed by atoms with E-state index in [0.717, 1.165) is 12.4 Å². The fraction of sp³-hybridized carbons (Fsp3) is 0. The van der Waals surface area contributed by atoms with Gasteiger partial charge in [0.25, 0.3) is 0 Å². The minimum absolute atomic E-state index is 0.366. The van der Waals surface area contributed by atoms with E-state index in [1.165, 1.54) is 0 Å². The summed E-state index contributed by atoms with van der Waals surface area (Å²) in [5.41, 5.74) is 1.51. The Kier molecular flexibility index (Phi) is 1.77. The largest absolute Gasteiger partial charge is 0.319 e. The van der Waals surface area contributed by atoms with Crippen LogP contribution in [0.25, 0.3) is 0 Å². The summed E-state index contributed by atoms with van der Waals surface area (Å²) < 4.78 is 24.8.